The third kappa shape index (κ3) is 4.78. The predicted octanol–water partition coefficient (Wildman–Crippen LogP) is 4.12. The van der Waals surface area contributed by atoms with Crippen LogP contribution in [-0.4, -0.2) is 30.5 Å². The van der Waals surface area contributed by atoms with E-state index in [0.29, 0.717) is 25.2 Å². The van der Waals surface area contributed by atoms with Crippen molar-refractivity contribution in [3.63, 3.8) is 0 Å². The largest absolute Gasteiger partial charge is 0.484 e. The molecule has 0 aliphatic carbocycles. The van der Waals surface area contributed by atoms with Crippen molar-refractivity contribution in [2.75, 3.05) is 19.7 Å². The summed E-state index contributed by atoms with van der Waals surface area (Å²) in [6.45, 7) is 0.426. The number of rotatable bonds is 3. The van der Waals surface area contributed by atoms with Gasteiger partial charge in [0.2, 0.25) is 0 Å². The predicted molar refractivity (Wildman–Crippen MR) is 72.4 cm³/mol. The second kappa shape index (κ2) is 6.90. The molecule has 1 aromatic carbocycles. The summed E-state index contributed by atoms with van der Waals surface area (Å²) in [5.74, 6) is -1.09. The van der Waals surface area contributed by atoms with E-state index in [0.717, 1.165) is 19.3 Å². The number of amides is 1. The van der Waals surface area contributed by atoms with Crippen molar-refractivity contribution in [1.29, 1.82) is 0 Å². The number of hydrogen-bond donors (Lipinski definition) is 0. The van der Waals surface area contributed by atoms with Gasteiger partial charge in [-0.2, -0.15) is 26.3 Å². The Labute approximate surface area is 134 Å². The average molecular weight is 355 g/mol. The monoisotopic (exact) mass is 355 g/mol. The van der Waals surface area contributed by atoms with Crippen LogP contribution < -0.4 is 4.74 Å². The van der Waals surface area contributed by atoms with Crippen molar-refractivity contribution in [1.82, 2.24) is 4.90 Å². The van der Waals surface area contributed by atoms with Gasteiger partial charge in [-0.3, -0.25) is 4.79 Å². The zero-order chi connectivity index (χ0) is 18.0. The first-order valence-electron chi connectivity index (χ1n) is 7.27. The van der Waals surface area contributed by atoms with Gasteiger partial charge in [0.15, 0.2) is 6.61 Å². The molecule has 1 aromatic rings. The molecule has 24 heavy (non-hydrogen) atoms. The van der Waals surface area contributed by atoms with Crippen molar-refractivity contribution in [2.45, 2.75) is 31.6 Å². The van der Waals surface area contributed by atoms with Gasteiger partial charge in [0.1, 0.15) is 5.75 Å². The number of nitrogens with zero attached hydrogens (tertiary/aromatic N) is 1. The first kappa shape index (κ1) is 18.4. The van der Waals surface area contributed by atoms with Crippen LogP contribution in [0.25, 0.3) is 0 Å². The SMILES string of the molecule is O=C(COc1cc(C(F)(F)F)cc(C(F)(F)F)c1)N1CCCCC1. The summed E-state index contributed by atoms with van der Waals surface area (Å²) in [7, 11) is 0. The lowest BCUT2D eigenvalue weighted by atomic mass is 10.1. The van der Waals surface area contributed by atoms with E-state index >= 15 is 0 Å². The maximum absolute atomic E-state index is 12.7. The van der Waals surface area contributed by atoms with Gasteiger partial charge in [0, 0.05) is 13.1 Å². The minimum atomic E-state index is -4.95. The van der Waals surface area contributed by atoms with Crippen molar-refractivity contribution >= 4 is 5.91 Å². The number of piperidine rings is 1. The number of carbonyl (C=O) groups is 1. The minimum Gasteiger partial charge on any atom is -0.484 e. The summed E-state index contributed by atoms with van der Waals surface area (Å²) in [4.78, 5) is 13.4. The molecule has 3 nitrogen and oxygen atoms in total. The highest BCUT2D eigenvalue weighted by molar-refractivity contribution is 5.77. The third-order valence-electron chi connectivity index (χ3n) is 3.63. The molecule has 2 rings (SSSR count). The molecule has 1 aliphatic rings. The molecule has 0 N–H and O–H groups in total. The van der Waals surface area contributed by atoms with E-state index in [1.165, 1.54) is 4.90 Å². The molecule has 0 radical (unpaired) electrons. The molecule has 134 valence electrons. The molecule has 0 atom stereocenters. The molecule has 0 unspecified atom stereocenters. The van der Waals surface area contributed by atoms with Crippen LogP contribution in [-0.2, 0) is 17.1 Å². The first-order chi connectivity index (χ1) is 11.1. The molecule has 1 heterocycles. The number of likely N-dealkylation sites (tertiary alicyclic amines) is 1. The molecule has 1 amide bonds. The highest BCUT2D eigenvalue weighted by Crippen LogP contribution is 2.38. The molecule has 9 heteroatoms. The number of halogens is 6. The molecule has 1 fully saturated rings. The first-order valence-corrected chi connectivity index (χ1v) is 7.27. The van der Waals surface area contributed by atoms with Crippen molar-refractivity contribution < 1.29 is 35.9 Å². The van der Waals surface area contributed by atoms with Crippen LogP contribution in [0.15, 0.2) is 18.2 Å². The van der Waals surface area contributed by atoms with Crippen LogP contribution in [0.3, 0.4) is 0 Å². The second-order valence-corrected chi connectivity index (χ2v) is 5.47. The van der Waals surface area contributed by atoms with Gasteiger partial charge in [-0.05, 0) is 37.5 Å². The normalized spacial score (nSPS) is 16.2. The topological polar surface area (TPSA) is 29.5 Å². The van der Waals surface area contributed by atoms with Crippen molar-refractivity contribution in [3.05, 3.63) is 29.3 Å². The van der Waals surface area contributed by atoms with E-state index in [1.54, 1.807) is 0 Å². The Morgan fingerprint density at radius 3 is 1.88 bits per heavy atom. The quantitative estimate of drug-likeness (QED) is 0.764. The van der Waals surface area contributed by atoms with Gasteiger partial charge in [0.05, 0.1) is 11.1 Å². The van der Waals surface area contributed by atoms with Gasteiger partial charge >= 0.3 is 12.4 Å². The van der Waals surface area contributed by atoms with E-state index in [-0.39, 0.29) is 6.07 Å². The Morgan fingerprint density at radius 1 is 0.917 bits per heavy atom. The van der Waals surface area contributed by atoms with Crippen LogP contribution in [0.1, 0.15) is 30.4 Å². The summed E-state index contributed by atoms with van der Waals surface area (Å²) < 4.78 is 81.3. The van der Waals surface area contributed by atoms with Gasteiger partial charge in [0.25, 0.3) is 5.91 Å². The fraction of sp³-hybridized carbons (Fsp3) is 0.533. The fourth-order valence-electron chi connectivity index (χ4n) is 2.39. The van der Waals surface area contributed by atoms with Crippen molar-refractivity contribution in [3.8, 4) is 5.75 Å². The highest BCUT2D eigenvalue weighted by atomic mass is 19.4. The third-order valence-corrected chi connectivity index (χ3v) is 3.63. The van der Waals surface area contributed by atoms with E-state index in [1.807, 2.05) is 0 Å². The van der Waals surface area contributed by atoms with Crippen LogP contribution in [0.5, 0.6) is 5.75 Å². The Kier molecular flexibility index (Phi) is 5.29. The molecule has 0 aromatic heterocycles. The van der Waals surface area contributed by atoms with Gasteiger partial charge in [-0.15, -0.1) is 0 Å². The lowest BCUT2D eigenvalue weighted by molar-refractivity contribution is -0.143. The zero-order valence-electron chi connectivity index (χ0n) is 12.5. The Bertz CT molecular complexity index is 558. The van der Waals surface area contributed by atoms with Crippen LogP contribution in [0, 0.1) is 0 Å². The maximum atomic E-state index is 12.7. The Morgan fingerprint density at radius 2 is 1.42 bits per heavy atom. The summed E-state index contributed by atoms with van der Waals surface area (Å²) in [6.07, 6.45) is -7.29. The summed E-state index contributed by atoms with van der Waals surface area (Å²) in [5, 5.41) is 0. The summed E-state index contributed by atoms with van der Waals surface area (Å²) in [6, 6.07) is 0.927. The zero-order valence-corrected chi connectivity index (χ0v) is 12.5. The molecular weight excluding hydrogens is 340 g/mol. The molecular formula is C15H15F6NO2. The van der Waals surface area contributed by atoms with E-state index in [2.05, 4.69) is 0 Å². The highest BCUT2D eigenvalue weighted by Gasteiger charge is 2.37. The molecule has 0 saturated carbocycles. The van der Waals surface area contributed by atoms with E-state index < -0.39 is 41.7 Å². The van der Waals surface area contributed by atoms with Crippen LogP contribution in [0.2, 0.25) is 0 Å². The number of alkyl halides is 6. The second-order valence-electron chi connectivity index (χ2n) is 5.47. The van der Waals surface area contributed by atoms with Crippen LogP contribution in [0.4, 0.5) is 26.3 Å². The lowest BCUT2D eigenvalue weighted by Crippen LogP contribution is -2.38. The number of benzene rings is 1. The Hall–Kier alpha value is -1.93. The fourth-order valence-corrected chi connectivity index (χ4v) is 2.39. The maximum Gasteiger partial charge on any atom is 0.416 e. The minimum absolute atomic E-state index is 0.0132. The van der Waals surface area contributed by atoms with Crippen LogP contribution >= 0.6 is 0 Å². The van der Waals surface area contributed by atoms with E-state index in [9.17, 15) is 31.1 Å². The molecule has 1 aliphatic heterocycles. The van der Waals surface area contributed by atoms with E-state index in [4.69, 9.17) is 4.74 Å². The number of hydrogen-bond acceptors (Lipinski definition) is 2. The number of carbonyl (C=O) groups excluding carboxylic acids is 1. The molecule has 1 saturated heterocycles. The van der Waals surface area contributed by atoms with Crippen molar-refractivity contribution in [2.24, 2.45) is 0 Å². The Balaban J connectivity index is 2.15. The smallest absolute Gasteiger partial charge is 0.416 e. The summed E-state index contributed by atoms with van der Waals surface area (Å²) in [5.41, 5.74) is -2.95. The average Bonchev–Trinajstić information content (AvgIpc) is 2.51. The molecule has 0 bridgehead atoms. The number of ether oxygens (including phenoxy) is 1. The van der Waals surface area contributed by atoms with Gasteiger partial charge in [-0.25, -0.2) is 0 Å². The van der Waals surface area contributed by atoms with Gasteiger partial charge in [-0.1, -0.05) is 0 Å². The standard InChI is InChI=1S/C15H15F6NO2/c16-14(17,18)10-6-11(15(19,20)21)8-12(7-10)24-9-13(23)22-4-2-1-3-5-22/h6-8H,1-5,9H2. The lowest BCUT2D eigenvalue weighted by Gasteiger charge is -2.26. The van der Waals surface area contributed by atoms with Gasteiger partial charge < -0.3 is 9.64 Å². The molecule has 0 spiro atoms. The summed E-state index contributed by atoms with van der Waals surface area (Å²) >= 11 is 0.